The molecule has 0 amide bonds. The average molecular weight is 464 g/mol. The summed E-state index contributed by atoms with van der Waals surface area (Å²) in [5.74, 6) is 1.19. The number of pyridine rings is 2. The number of hydrogen-bond donors (Lipinski definition) is 1. The van der Waals surface area contributed by atoms with Crippen LogP contribution in [0.25, 0.3) is 10.9 Å². The first kappa shape index (κ1) is 21.8. The highest BCUT2D eigenvalue weighted by Gasteiger charge is 2.39. The Labute approximate surface area is 197 Å². The highest BCUT2D eigenvalue weighted by molar-refractivity contribution is 6.36. The molecule has 0 unspecified atom stereocenters. The molecule has 1 aliphatic rings. The van der Waals surface area contributed by atoms with Gasteiger partial charge in [0.05, 0.1) is 29.5 Å². The molecule has 0 spiro atoms. The van der Waals surface area contributed by atoms with Crippen molar-refractivity contribution in [2.24, 2.45) is 13.0 Å². The summed E-state index contributed by atoms with van der Waals surface area (Å²) in [5.41, 5.74) is 3.54. The van der Waals surface area contributed by atoms with Gasteiger partial charge in [-0.1, -0.05) is 28.9 Å². The second kappa shape index (κ2) is 8.08. The normalized spacial score (nSPS) is 15.6. The molecule has 0 bridgehead atoms. The summed E-state index contributed by atoms with van der Waals surface area (Å²) in [6.07, 6.45) is 4.82. The first-order chi connectivity index (χ1) is 15.8. The zero-order valence-electron chi connectivity index (χ0n) is 19.1. The van der Waals surface area contributed by atoms with Crippen molar-refractivity contribution in [2.45, 2.75) is 38.7 Å². The van der Waals surface area contributed by atoms with Gasteiger partial charge >= 0.3 is 0 Å². The zero-order chi connectivity index (χ0) is 23.3. The Kier molecular flexibility index (Phi) is 5.34. The molecule has 0 aliphatic heterocycles. The van der Waals surface area contributed by atoms with E-state index in [0.29, 0.717) is 39.2 Å². The number of hydrogen-bond acceptors (Lipinski definition) is 6. The number of methoxy groups -OCH3 is 1. The maximum absolute atomic E-state index is 12.3. The lowest BCUT2D eigenvalue weighted by Gasteiger charge is -2.30. The highest BCUT2D eigenvalue weighted by atomic mass is 35.5. The fourth-order valence-electron chi connectivity index (χ4n) is 4.55. The number of aliphatic hydroxyl groups is 1. The van der Waals surface area contributed by atoms with Crippen molar-refractivity contribution < 1.29 is 9.84 Å². The van der Waals surface area contributed by atoms with E-state index in [4.69, 9.17) is 21.3 Å². The first-order valence-electron chi connectivity index (χ1n) is 11.0. The van der Waals surface area contributed by atoms with Crippen LogP contribution in [0, 0.1) is 19.8 Å². The second-order valence-electron chi connectivity index (χ2n) is 8.83. The molecule has 7 nitrogen and oxygen atoms in total. The van der Waals surface area contributed by atoms with Crippen molar-refractivity contribution in [1.82, 2.24) is 25.0 Å². The quantitative estimate of drug-likeness (QED) is 0.459. The van der Waals surface area contributed by atoms with Gasteiger partial charge in [-0.3, -0.25) is 4.98 Å². The van der Waals surface area contributed by atoms with Crippen LogP contribution in [0.1, 0.15) is 46.6 Å². The molecule has 1 aliphatic carbocycles. The maximum Gasteiger partial charge on any atom is 0.218 e. The van der Waals surface area contributed by atoms with Crippen LogP contribution in [0.15, 0.2) is 36.5 Å². The summed E-state index contributed by atoms with van der Waals surface area (Å²) >= 11 is 6.93. The molecule has 3 heterocycles. The van der Waals surface area contributed by atoms with Gasteiger partial charge in [0.25, 0.3) is 0 Å². The van der Waals surface area contributed by atoms with E-state index >= 15 is 0 Å². The van der Waals surface area contributed by atoms with E-state index in [2.05, 4.69) is 15.3 Å². The molecular formula is C25H26ClN5O2. The number of halogens is 1. The molecule has 8 heteroatoms. The van der Waals surface area contributed by atoms with Crippen LogP contribution in [0.3, 0.4) is 0 Å². The van der Waals surface area contributed by atoms with E-state index in [-0.39, 0.29) is 0 Å². The van der Waals surface area contributed by atoms with Crippen molar-refractivity contribution in [3.8, 4) is 5.88 Å². The van der Waals surface area contributed by atoms with Gasteiger partial charge in [-0.2, -0.15) is 0 Å². The smallest absolute Gasteiger partial charge is 0.218 e. The fraction of sp³-hybridized carbons (Fsp3) is 0.360. The number of aryl methyl sites for hydroxylation is 3. The Morgan fingerprint density at radius 3 is 2.61 bits per heavy atom. The Morgan fingerprint density at radius 2 is 1.97 bits per heavy atom. The number of rotatable bonds is 6. The molecule has 5 rings (SSSR count). The lowest BCUT2D eigenvalue weighted by atomic mass is 9.82. The van der Waals surface area contributed by atoms with Crippen LogP contribution in [0.2, 0.25) is 5.02 Å². The number of benzene rings is 1. The van der Waals surface area contributed by atoms with Crippen molar-refractivity contribution in [3.05, 3.63) is 75.3 Å². The van der Waals surface area contributed by atoms with E-state index in [9.17, 15) is 5.11 Å². The molecule has 1 N–H and O–H groups in total. The van der Waals surface area contributed by atoms with Crippen molar-refractivity contribution in [3.63, 3.8) is 0 Å². The van der Waals surface area contributed by atoms with Gasteiger partial charge in [-0.05, 0) is 62.8 Å². The van der Waals surface area contributed by atoms with Crippen LogP contribution >= 0.6 is 11.6 Å². The van der Waals surface area contributed by atoms with Gasteiger partial charge in [0.2, 0.25) is 5.88 Å². The largest absolute Gasteiger partial charge is 0.481 e. The maximum atomic E-state index is 12.3. The van der Waals surface area contributed by atoms with Crippen molar-refractivity contribution in [1.29, 1.82) is 0 Å². The Morgan fingerprint density at radius 1 is 1.18 bits per heavy atom. The molecular weight excluding hydrogens is 438 g/mol. The predicted octanol–water partition coefficient (Wildman–Crippen LogP) is 4.27. The number of nitrogens with zero attached hydrogens (tertiary/aromatic N) is 5. The Hall–Kier alpha value is -3.03. The molecule has 0 radical (unpaired) electrons. The van der Waals surface area contributed by atoms with Crippen LogP contribution in [-0.2, 0) is 19.1 Å². The Bertz CT molecular complexity index is 1360. The molecule has 33 heavy (non-hydrogen) atoms. The van der Waals surface area contributed by atoms with E-state index in [1.807, 2.05) is 44.2 Å². The lowest BCUT2D eigenvalue weighted by Crippen LogP contribution is -2.32. The summed E-state index contributed by atoms with van der Waals surface area (Å²) < 4.78 is 7.14. The van der Waals surface area contributed by atoms with Crippen LogP contribution in [0.5, 0.6) is 5.88 Å². The molecule has 170 valence electrons. The molecule has 1 saturated carbocycles. The molecule has 1 atom stereocenters. The van der Waals surface area contributed by atoms with Crippen molar-refractivity contribution in [2.75, 3.05) is 7.11 Å². The summed E-state index contributed by atoms with van der Waals surface area (Å²) in [4.78, 5) is 9.31. The molecule has 3 aromatic heterocycles. The standard InChI is InChI=1S/C25H26ClN5O2/c1-14-5-9-20(15(2)28-14)25(32,22-13-27-30-31(22)3)17-8-10-21-18(12-17)23(26)19(11-16-6-7-16)24(29-21)33-4/h5,8-10,12-13,16,32H,6-7,11H2,1-4H3/t25-/m1/s1. The molecule has 1 fully saturated rings. The highest BCUT2D eigenvalue weighted by Crippen LogP contribution is 2.43. The topological polar surface area (TPSA) is 85.9 Å². The average Bonchev–Trinajstić information content (AvgIpc) is 3.51. The van der Waals surface area contributed by atoms with Gasteiger partial charge in [0.15, 0.2) is 5.60 Å². The summed E-state index contributed by atoms with van der Waals surface area (Å²) in [5, 5.41) is 21.8. The minimum Gasteiger partial charge on any atom is -0.481 e. The molecule has 1 aromatic carbocycles. The van der Waals surface area contributed by atoms with Crippen LogP contribution in [0.4, 0.5) is 0 Å². The predicted molar refractivity (Wildman–Crippen MR) is 127 cm³/mol. The van der Waals surface area contributed by atoms with E-state index in [1.165, 1.54) is 12.8 Å². The first-order valence-corrected chi connectivity index (χ1v) is 11.4. The molecule has 4 aromatic rings. The SMILES string of the molecule is COc1nc2ccc([C@@](O)(c3ccc(C)nc3C)c3cnnn3C)cc2c(Cl)c1CC1CC1. The fourth-order valence-corrected chi connectivity index (χ4v) is 4.86. The Balaban J connectivity index is 1.76. The van der Waals surface area contributed by atoms with Crippen LogP contribution in [-0.4, -0.2) is 37.2 Å². The third kappa shape index (κ3) is 3.65. The molecule has 0 saturated heterocycles. The number of aromatic nitrogens is 5. The second-order valence-corrected chi connectivity index (χ2v) is 9.21. The van der Waals surface area contributed by atoms with Crippen LogP contribution < -0.4 is 4.74 Å². The minimum absolute atomic E-state index is 0.534. The number of ether oxygens (including phenoxy) is 1. The zero-order valence-corrected chi connectivity index (χ0v) is 19.9. The summed E-state index contributed by atoms with van der Waals surface area (Å²) in [7, 11) is 3.38. The minimum atomic E-state index is -1.53. The monoisotopic (exact) mass is 463 g/mol. The summed E-state index contributed by atoms with van der Waals surface area (Å²) in [6.45, 7) is 3.82. The van der Waals surface area contributed by atoms with E-state index < -0.39 is 5.60 Å². The van der Waals surface area contributed by atoms with Gasteiger partial charge in [-0.15, -0.1) is 5.10 Å². The van der Waals surface area contributed by atoms with Gasteiger partial charge in [-0.25, -0.2) is 9.67 Å². The summed E-state index contributed by atoms with van der Waals surface area (Å²) in [6, 6.07) is 9.43. The third-order valence-corrected chi connectivity index (χ3v) is 6.91. The van der Waals surface area contributed by atoms with Gasteiger partial charge in [0, 0.05) is 34.9 Å². The van der Waals surface area contributed by atoms with E-state index in [0.717, 1.165) is 28.8 Å². The van der Waals surface area contributed by atoms with Gasteiger partial charge < -0.3 is 9.84 Å². The number of fused-ring (bicyclic) bond motifs is 1. The van der Waals surface area contributed by atoms with Gasteiger partial charge in [0.1, 0.15) is 0 Å². The lowest BCUT2D eigenvalue weighted by molar-refractivity contribution is 0.115. The van der Waals surface area contributed by atoms with Crippen molar-refractivity contribution >= 4 is 22.5 Å². The van der Waals surface area contributed by atoms with E-state index in [1.54, 1.807) is 25.0 Å². The third-order valence-electron chi connectivity index (χ3n) is 6.48.